The molecule has 0 aromatic heterocycles. The van der Waals surface area contributed by atoms with E-state index in [4.69, 9.17) is 17.0 Å². The Morgan fingerprint density at radius 3 is 2.60 bits per heavy atom. The number of rotatable bonds is 0. The molecule has 0 saturated carbocycles. The molecule has 0 aliphatic heterocycles. The van der Waals surface area contributed by atoms with Gasteiger partial charge in [0.2, 0.25) is 5.39 Å². The van der Waals surface area contributed by atoms with Gasteiger partial charge in [-0.15, -0.1) is 0 Å². The minimum absolute atomic E-state index is 0.116. The van der Waals surface area contributed by atoms with Gasteiger partial charge in [-0.25, -0.2) is 4.39 Å². The second-order valence-electron chi connectivity index (χ2n) is 1.73. The zero-order valence-corrected chi connectivity index (χ0v) is 5.64. The molecule has 0 unspecified atom stereocenters. The van der Waals surface area contributed by atoms with E-state index < -0.39 is 5.82 Å². The number of hydrogen-bond donors (Lipinski definition) is 0. The molecular formula is C6H3ClFN2+. The highest BCUT2D eigenvalue weighted by Crippen LogP contribution is 2.19. The van der Waals surface area contributed by atoms with E-state index in [1.54, 1.807) is 0 Å². The first-order valence-electron chi connectivity index (χ1n) is 2.53. The van der Waals surface area contributed by atoms with Crippen LogP contribution in [0.25, 0.3) is 4.98 Å². The number of nitrogens with zero attached hydrogens (tertiary/aromatic N) is 2. The molecule has 0 spiro atoms. The Kier molecular flexibility index (Phi) is 1.83. The molecule has 0 aliphatic rings. The topological polar surface area (TPSA) is 28.1 Å². The fraction of sp³-hybridized carbons (Fsp3) is 0. The molecule has 1 aromatic carbocycles. The predicted molar refractivity (Wildman–Crippen MR) is 36.2 cm³/mol. The third-order valence-corrected chi connectivity index (χ3v) is 1.18. The SMILES string of the molecule is N#[N+]c1cc(F)cc(Cl)c1. The maximum absolute atomic E-state index is 12.4. The lowest BCUT2D eigenvalue weighted by Gasteiger charge is -1.83. The summed E-state index contributed by atoms with van der Waals surface area (Å²) in [6, 6.07) is 3.56. The highest BCUT2D eigenvalue weighted by atomic mass is 35.5. The Bertz CT molecular complexity index is 272. The Balaban J connectivity index is 3.22. The fourth-order valence-corrected chi connectivity index (χ4v) is 0.813. The van der Waals surface area contributed by atoms with Gasteiger partial charge in [0.25, 0.3) is 0 Å². The minimum atomic E-state index is -0.514. The van der Waals surface area contributed by atoms with Crippen LogP contribution in [0.1, 0.15) is 0 Å². The molecule has 0 amide bonds. The van der Waals surface area contributed by atoms with Gasteiger partial charge >= 0.3 is 5.69 Å². The summed E-state index contributed by atoms with van der Waals surface area (Å²) in [4.78, 5) is 2.77. The lowest BCUT2D eigenvalue weighted by molar-refractivity contribution is 0.628. The zero-order valence-electron chi connectivity index (χ0n) is 4.88. The highest BCUT2D eigenvalue weighted by Gasteiger charge is 2.06. The number of diazo groups is 1. The van der Waals surface area contributed by atoms with Gasteiger partial charge in [0, 0.05) is 0 Å². The average molecular weight is 158 g/mol. The summed E-state index contributed by atoms with van der Waals surface area (Å²) in [7, 11) is 0. The molecule has 4 heteroatoms. The number of benzene rings is 1. The third-order valence-electron chi connectivity index (χ3n) is 0.963. The maximum Gasteiger partial charge on any atom is 0.389 e. The van der Waals surface area contributed by atoms with E-state index in [2.05, 4.69) is 4.98 Å². The molecule has 0 bridgehead atoms. The van der Waals surface area contributed by atoms with Crippen LogP contribution < -0.4 is 0 Å². The van der Waals surface area contributed by atoms with E-state index in [0.29, 0.717) is 0 Å². The molecule has 0 radical (unpaired) electrons. The normalized spacial score (nSPS) is 8.90. The second kappa shape index (κ2) is 2.63. The Labute approximate surface area is 61.9 Å². The molecule has 1 aromatic rings. The Morgan fingerprint density at radius 1 is 1.40 bits per heavy atom. The van der Waals surface area contributed by atoms with Gasteiger partial charge in [-0.2, -0.15) is 0 Å². The maximum atomic E-state index is 12.4. The van der Waals surface area contributed by atoms with E-state index >= 15 is 0 Å². The Hall–Kier alpha value is -1.14. The summed E-state index contributed by atoms with van der Waals surface area (Å²) >= 11 is 5.42. The van der Waals surface area contributed by atoms with Crippen LogP contribution in [0.15, 0.2) is 18.2 Å². The largest absolute Gasteiger partial charge is 0.389 e. The van der Waals surface area contributed by atoms with Crippen LogP contribution in [0.2, 0.25) is 5.02 Å². The van der Waals surface area contributed by atoms with Gasteiger partial charge in [-0.1, -0.05) is 11.6 Å². The number of hydrogen-bond acceptors (Lipinski definition) is 1. The molecule has 0 N–H and O–H groups in total. The van der Waals surface area contributed by atoms with Gasteiger partial charge in [0.1, 0.15) is 5.82 Å². The van der Waals surface area contributed by atoms with Gasteiger partial charge in [0.15, 0.2) is 4.98 Å². The highest BCUT2D eigenvalue weighted by molar-refractivity contribution is 6.30. The molecule has 1 rings (SSSR count). The van der Waals surface area contributed by atoms with E-state index in [-0.39, 0.29) is 10.7 Å². The summed E-state index contributed by atoms with van der Waals surface area (Å²) in [6.45, 7) is 0. The lowest BCUT2D eigenvalue weighted by Crippen LogP contribution is -1.70. The van der Waals surface area contributed by atoms with Crippen LogP contribution in [0.5, 0.6) is 0 Å². The first kappa shape index (κ1) is 6.97. The number of halogens is 2. The molecule has 0 fully saturated rings. The molecular weight excluding hydrogens is 155 g/mol. The van der Waals surface area contributed by atoms with E-state index in [1.165, 1.54) is 6.07 Å². The fourth-order valence-electron chi connectivity index (χ4n) is 0.597. The summed E-state index contributed by atoms with van der Waals surface area (Å²) in [5, 5.41) is 8.40. The predicted octanol–water partition coefficient (Wildman–Crippen LogP) is 2.96. The standard InChI is InChI=1S/C6H3ClFN2/c7-4-1-5(8)3-6(2-4)10-9/h1-3H/q+1. The Morgan fingerprint density at radius 2 is 2.10 bits per heavy atom. The van der Waals surface area contributed by atoms with E-state index in [0.717, 1.165) is 12.1 Å². The summed E-state index contributed by atoms with van der Waals surface area (Å²) in [5.41, 5.74) is 0.116. The molecule has 2 nitrogen and oxygen atoms in total. The lowest BCUT2D eigenvalue weighted by atomic mass is 10.3. The van der Waals surface area contributed by atoms with E-state index in [9.17, 15) is 4.39 Å². The smallest absolute Gasteiger partial charge is 0.207 e. The molecule has 50 valence electrons. The zero-order chi connectivity index (χ0) is 7.56. The summed E-state index contributed by atoms with van der Waals surface area (Å²) in [5.74, 6) is -0.514. The minimum Gasteiger partial charge on any atom is -0.207 e. The van der Waals surface area contributed by atoms with Gasteiger partial charge < -0.3 is 0 Å². The molecule has 0 atom stereocenters. The first-order valence-corrected chi connectivity index (χ1v) is 2.91. The van der Waals surface area contributed by atoms with Crippen LogP contribution in [0.3, 0.4) is 0 Å². The van der Waals surface area contributed by atoms with Crippen LogP contribution in [-0.4, -0.2) is 0 Å². The quantitative estimate of drug-likeness (QED) is 0.532. The molecule has 0 aliphatic carbocycles. The van der Waals surface area contributed by atoms with Crippen molar-refractivity contribution in [2.24, 2.45) is 0 Å². The van der Waals surface area contributed by atoms with Crippen molar-refractivity contribution in [3.05, 3.63) is 34.0 Å². The van der Waals surface area contributed by atoms with Gasteiger partial charge in [0.05, 0.1) is 17.2 Å². The van der Waals surface area contributed by atoms with Crippen molar-refractivity contribution in [1.82, 2.24) is 0 Å². The van der Waals surface area contributed by atoms with Crippen molar-refractivity contribution in [1.29, 1.82) is 5.39 Å². The van der Waals surface area contributed by atoms with Gasteiger partial charge in [-0.05, 0) is 6.07 Å². The molecule has 10 heavy (non-hydrogen) atoms. The second-order valence-corrected chi connectivity index (χ2v) is 2.16. The van der Waals surface area contributed by atoms with Crippen molar-refractivity contribution in [3.8, 4) is 0 Å². The molecule has 0 saturated heterocycles. The van der Waals surface area contributed by atoms with Crippen LogP contribution in [0.4, 0.5) is 10.1 Å². The van der Waals surface area contributed by atoms with Crippen molar-refractivity contribution in [3.63, 3.8) is 0 Å². The van der Waals surface area contributed by atoms with Crippen molar-refractivity contribution >= 4 is 17.3 Å². The molecule has 0 heterocycles. The summed E-state index contributed by atoms with van der Waals surface area (Å²) in [6.07, 6.45) is 0. The van der Waals surface area contributed by atoms with Crippen LogP contribution in [-0.2, 0) is 0 Å². The third kappa shape index (κ3) is 1.42. The monoisotopic (exact) mass is 157 g/mol. The van der Waals surface area contributed by atoms with Crippen molar-refractivity contribution in [2.75, 3.05) is 0 Å². The van der Waals surface area contributed by atoms with E-state index in [1.807, 2.05) is 0 Å². The first-order chi connectivity index (χ1) is 4.72. The van der Waals surface area contributed by atoms with Crippen molar-refractivity contribution in [2.45, 2.75) is 0 Å². The summed E-state index contributed by atoms with van der Waals surface area (Å²) < 4.78 is 12.4. The van der Waals surface area contributed by atoms with Crippen LogP contribution in [0, 0.1) is 11.2 Å². The van der Waals surface area contributed by atoms with Crippen LogP contribution >= 0.6 is 11.6 Å². The van der Waals surface area contributed by atoms with Gasteiger partial charge in [-0.3, -0.25) is 0 Å². The average Bonchev–Trinajstić information content (AvgIpc) is 1.85. The van der Waals surface area contributed by atoms with Crippen molar-refractivity contribution < 1.29 is 4.39 Å².